The first kappa shape index (κ1) is 19.7. The highest BCUT2D eigenvalue weighted by atomic mass is 16.2. The first-order valence-electron chi connectivity index (χ1n) is 9.61. The van der Waals surface area contributed by atoms with Gasteiger partial charge in [-0.05, 0) is 37.0 Å². The van der Waals surface area contributed by atoms with Gasteiger partial charge in [0.05, 0.1) is 0 Å². The van der Waals surface area contributed by atoms with Gasteiger partial charge in [0.2, 0.25) is 0 Å². The van der Waals surface area contributed by atoms with Crippen LogP contribution >= 0.6 is 0 Å². The van der Waals surface area contributed by atoms with Crippen LogP contribution < -0.4 is 0 Å². The van der Waals surface area contributed by atoms with Gasteiger partial charge in [0.1, 0.15) is 0 Å². The van der Waals surface area contributed by atoms with Crippen molar-refractivity contribution in [1.29, 1.82) is 0 Å². The highest BCUT2D eigenvalue weighted by Gasteiger charge is 2.14. The van der Waals surface area contributed by atoms with E-state index >= 15 is 0 Å². The monoisotopic (exact) mass is 317 g/mol. The number of benzene rings is 1. The van der Waals surface area contributed by atoms with Crippen molar-refractivity contribution in [2.24, 2.45) is 0 Å². The molecule has 0 aromatic heterocycles. The van der Waals surface area contributed by atoms with Gasteiger partial charge in [-0.2, -0.15) is 0 Å². The second-order valence-electron chi connectivity index (χ2n) is 6.46. The second kappa shape index (κ2) is 12.2. The second-order valence-corrected chi connectivity index (χ2v) is 6.46. The molecular weight excluding hydrogens is 282 g/mol. The zero-order valence-electron chi connectivity index (χ0n) is 15.4. The van der Waals surface area contributed by atoms with Gasteiger partial charge in [0.25, 0.3) is 5.91 Å². The Labute approximate surface area is 143 Å². The van der Waals surface area contributed by atoms with Gasteiger partial charge in [-0.25, -0.2) is 0 Å². The lowest BCUT2D eigenvalue weighted by Gasteiger charge is -2.23. The largest absolute Gasteiger partial charge is 0.339 e. The summed E-state index contributed by atoms with van der Waals surface area (Å²) >= 11 is 0. The Kier molecular flexibility index (Phi) is 10.4. The molecule has 0 atom stereocenters. The van der Waals surface area contributed by atoms with E-state index in [4.69, 9.17) is 0 Å². The number of carbonyl (C=O) groups is 1. The molecule has 0 saturated carbocycles. The number of aryl methyl sites for hydroxylation is 1. The minimum absolute atomic E-state index is 0.209. The first-order chi connectivity index (χ1) is 11.2. The Hall–Kier alpha value is -1.31. The molecule has 130 valence electrons. The number of hydrogen-bond acceptors (Lipinski definition) is 1. The number of unbranched alkanes of at least 4 members (excludes halogenated alkanes) is 6. The lowest BCUT2D eigenvalue weighted by molar-refractivity contribution is 0.0749. The standard InChI is InChI=1S/C21H35NO/c1-4-7-9-11-17-22(18-12-10-8-5-2)21(23)20-15-13-19(6-3)14-16-20/h13-16H,4-12,17-18H2,1-3H3. The fourth-order valence-corrected chi connectivity index (χ4v) is 2.84. The molecule has 0 spiro atoms. The van der Waals surface area contributed by atoms with Gasteiger partial charge < -0.3 is 4.90 Å². The van der Waals surface area contributed by atoms with E-state index in [9.17, 15) is 4.79 Å². The SMILES string of the molecule is CCCCCCN(CCCCCC)C(=O)c1ccc(CC)cc1. The molecule has 23 heavy (non-hydrogen) atoms. The summed E-state index contributed by atoms with van der Waals surface area (Å²) in [5.41, 5.74) is 2.13. The van der Waals surface area contributed by atoms with E-state index in [2.05, 4.69) is 37.8 Å². The van der Waals surface area contributed by atoms with Gasteiger partial charge in [-0.15, -0.1) is 0 Å². The number of hydrogen-bond donors (Lipinski definition) is 0. The van der Waals surface area contributed by atoms with E-state index in [1.165, 1.54) is 44.1 Å². The van der Waals surface area contributed by atoms with Crippen LogP contribution in [0.5, 0.6) is 0 Å². The number of carbonyl (C=O) groups excluding carboxylic acids is 1. The Bertz CT molecular complexity index is 412. The number of rotatable bonds is 12. The molecule has 0 fully saturated rings. The lowest BCUT2D eigenvalue weighted by Crippen LogP contribution is -2.33. The van der Waals surface area contributed by atoms with Crippen LogP contribution in [0.1, 0.15) is 88.1 Å². The molecule has 0 aliphatic heterocycles. The summed E-state index contributed by atoms with van der Waals surface area (Å²) in [5, 5.41) is 0. The Morgan fingerprint density at radius 3 is 1.74 bits per heavy atom. The van der Waals surface area contributed by atoms with Crippen molar-refractivity contribution in [3.8, 4) is 0 Å². The van der Waals surface area contributed by atoms with E-state index in [0.29, 0.717) is 0 Å². The minimum Gasteiger partial charge on any atom is -0.339 e. The molecule has 1 rings (SSSR count). The van der Waals surface area contributed by atoms with Crippen LogP contribution in [-0.4, -0.2) is 23.9 Å². The topological polar surface area (TPSA) is 20.3 Å². The molecule has 0 aliphatic rings. The van der Waals surface area contributed by atoms with E-state index in [-0.39, 0.29) is 5.91 Å². The van der Waals surface area contributed by atoms with Crippen molar-refractivity contribution in [2.45, 2.75) is 78.6 Å². The molecule has 1 aromatic rings. The summed E-state index contributed by atoms with van der Waals surface area (Å²) < 4.78 is 0. The third-order valence-corrected chi connectivity index (χ3v) is 4.46. The van der Waals surface area contributed by atoms with Crippen LogP contribution in [0.2, 0.25) is 0 Å². The lowest BCUT2D eigenvalue weighted by atomic mass is 10.1. The van der Waals surface area contributed by atoms with E-state index in [1.54, 1.807) is 0 Å². The molecule has 0 heterocycles. The Morgan fingerprint density at radius 1 is 0.783 bits per heavy atom. The molecule has 1 aromatic carbocycles. The maximum atomic E-state index is 12.8. The van der Waals surface area contributed by atoms with Gasteiger partial charge in [-0.1, -0.05) is 71.4 Å². The van der Waals surface area contributed by atoms with Crippen molar-refractivity contribution < 1.29 is 4.79 Å². The van der Waals surface area contributed by atoms with Crippen molar-refractivity contribution in [3.63, 3.8) is 0 Å². The summed E-state index contributed by atoms with van der Waals surface area (Å²) in [4.78, 5) is 14.9. The zero-order chi connectivity index (χ0) is 16.9. The fourth-order valence-electron chi connectivity index (χ4n) is 2.84. The predicted octanol–water partition coefficient (Wildman–Crippen LogP) is 5.85. The third-order valence-electron chi connectivity index (χ3n) is 4.46. The molecule has 0 bridgehead atoms. The smallest absolute Gasteiger partial charge is 0.253 e. The quantitative estimate of drug-likeness (QED) is 0.443. The average Bonchev–Trinajstić information content (AvgIpc) is 2.60. The molecular formula is C21H35NO. The summed E-state index contributed by atoms with van der Waals surface area (Å²) in [6.07, 6.45) is 10.7. The van der Waals surface area contributed by atoms with Crippen molar-refractivity contribution in [1.82, 2.24) is 4.90 Å². The fraction of sp³-hybridized carbons (Fsp3) is 0.667. The van der Waals surface area contributed by atoms with Crippen LogP contribution in [0, 0.1) is 0 Å². The highest BCUT2D eigenvalue weighted by molar-refractivity contribution is 5.94. The molecule has 2 heteroatoms. The van der Waals surface area contributed by atoms with Crippen molar-refractivity contribution in [3.05, 3.63) is 35.4 Å². The van der Waals surface area contributed by atoms with E-state index in [0.717, 1.165) is 37.9 Å². The molecule has 0 saturated heterocycles. The van der Waals surface area contributed by atoms with Gasteiger partial charge in [-0.3, -0.25) is 4.79 Å². The maximum absolute atomic E-state index is 12.8. The van der Waals surface area contributed by atoms with Gasteiger partial charge in [0.15, 0.2) is 0 Å². The number of nitrogens with zero attached hydrogens (tertiary/aromatic N) is 1. The van der Waals surface area contributed by atoms with Crippen LogP contribution in [0.3, 0.4) is 0 Å². The summed E-state index contributed by atoms with van der Waals surface area (Å²) in [5.74, 6) is 0.209. The molecule has 1 amide bonds. The zero-order valence-corrected chi connectivity index (χ0v) is 15.4. The molecule has 0 aliphatic carbocycles. The molecule has 0 unspecified atom stereocenters. The van der Waals surface area contributed by atoms with Crippen LogP contribution in [-0.2, 0) is 6.42 Å². The maximum Gasteiger partial charge on any atom is 0.253 e. The molecule has 2 nitrogen and oxygen atoms in total. The van der Waals surface area contributed by atoms with Crippen molar-refractivity contribution in [2.75, 3.05) is 13.1 Å². The normalized spacial score (nSPS) is 10.7. The first-order valence-corrected chi connectivity index (χ1v) is 9.61. The van der Waals surface area contributed by atoms with Gasteiger partial charge >= 0.3 is 0 Å². The minimum atomic E-state index is 0.209. The summed E-state index contributed by atoms with van der Waals surface area (Å²) in [7, 11) is 0. The Balaban J connectivity index is 2.60. The summed E-state index contributed by atoms with van der Waals surface area (Å²) in [6, 6.07) is 8.15. The van der Waals surface area contributed by atoms with Crippen LogP contribution in [0.25, 0.3) is 0 Å². The van der Waals surface area contributed by atoms with E-state index in [1.807, 2.05) is 12.1 Å². The van der Waals surface area contributed by atoms with Crippen LogP contribution in [0.15, 0.2) is 24.3 Å². The molecule has 0 radical (unpaired) electrons. The predicted molar refractivity (Wildman–Crippen MR) is 100 cm³/mol. The van der Waals surface area contributed by atoms with E-state index < -0.39 is 0 Å². The van der Waals surface area contributed by atoms with Gasteiger partial charge in [0, 0.05) is 18.7 Å². The van der Waals surface area contributed by atoms with Crippen molar-refractivity contribution >= 4 is 5.91 Å². The number of amides is 1. The summed E-state index contributed by atoms with van der Waals surface area (Å²) in [6.45, 7) is 8.40. The van der Waals surface area contributed by atoms with Crippen LogP contribution in [0.4, 0.5) is 0 Å². The third kappa shape index (κ3) is 7.67. The Morgan fingerprint density at radius 2 is 1.30 bits per heavy atom. The highest BCUT2D eigenvalue weighted by Crippen LogP contribution is 2.12. The molecule has 0 N–H and O–H groups in total. The average molecular weight is 318 g/mol.